The van der Waals surface area contributed by atoms with Gasteiger partial charge in [0.25, 0.3) is 0 Å². The van der Waals surface area contributed by atoms with E-state index in [1.165, 1.54) is 30.0 Å². The highest BCUT2D eigenvalue weighted by Crippen LogP contribution is 2.40. The summed E-state index contributed by atoms with van der Waals surface area (Å²) in [5.74, 6) is -0.426. The van der Waals surface area contributed by atoms with Crippen molar-refractivity contribution in [1.82, 2.24) is 5.32 Å². The molecule has 2 aromatic carbocycles. The molecule has 0 radical (unpaired) electrons. The van der Waals surface area contributed by atoms with Gasteiger partial charge in [0, 0.05) is 32.3 Å². The van der Waals surface area contributed by atoms with Gasteiger partial charge < -0.3 is 30.6 Å². The molecule has 3 rings (SSSR count). The summed E-state index contributed by atoms with van der Waals surface area (Å²) in [6, 6.07) is 11.3. The molecule has 18 heteroatoms. The van der Waals surface area contributed by atoms with Gasteiger partial charge >= 0.3 is 24.2 Å². The summed E-state index contributed by atoms with van der Waals surface area (Å²) in [7, 11) is -5.58. The van der Waals surface area contributed by atoms with Crippen molar-refractivity contribution < 1.29 is 41.8 Å². The third kappa shape index (κ3) is 15.1. The number of nitrogens with zero attached hydrogens (tertiary/aromatic N) is 1. The fraction of sp³-hybridized carbons (Fsp3) is 0.462. The number of carbonyl (C=O) groups excluding carboxylic acids is 4. The Kier molecular flexibility index (Phi) is 17.2. The van der Waals surface area contributed by atoms with E-state index in [4.69, 9.17) is 19.9 Å². The summed E-state index contributed by atoms with van der Waals surface area (Å²) < 4.78 is 44.5. The number of aryl methyl sites for hydroxylation is 1. The number of anilines is 2. The van der Waals surface area contributed by atoms with Crippen LogP contribution in [0.1, 0.15) is 63.8 Å². The Hall–Kier alpha value is -4.39. The second-order valence-corrected chi connectivity index (χ2v) is 24.9. The number of sulfone groups is 1. The van der Waals surface area contributed by atoms with E-state index in [2.05, 4.69) is 40.6 Å². The molecule has 1 aromatic heterocycles. The molecule has 3 aromatic rings. The zero-order chi connectivity index (χ0) is 42.6. The van der Waals surface area contributed by atoms with Crippen LogP contribution < -0.4 is 21.7 Å². The Balaban J connectivity index is 1.96. The number of benzene rings is 2. The van der Waals surface area contributed by atoms with E-state index < -0.39 is 41.7 Å². The molecule has 0 fully saturated rings. The van der Waals surface area contributed by atoms with Crippen LogP contribution >= 0.6 is 23.1 Å². The Morgan fingerprint density at radius 2 is 1.70 bits per heavy atom. The maximum absolute atomic E-state index is 14.2. The van der Waals surface area contributed by atoms with Gasteiger partial charge in [-0.25, -0.2) is 22.8 Å². The molecule has 0 saturated heterocycles. The van der Waals surface area contributed by atoms with E-state index in [-0.39, 0.29) is 33.1 Å². The lowest BCUT2D eigenvalue weighted by Gasteiger charge is -2.19. The van der Waals surface area contributed by atoms with E-state index in [0.717, 1.165) is 17.4 Å². The minimum Gasteiger partial charge on any atom is -0.466 e. The molecule has 312 valence electrons. The molecule has 4 amide bonds. The Bertz CT molecular complexity index is 2060. The number of ether oxygens (including phenoxy) is 3. The van der Waals surface area contributed by atoms with Crippen molar-refractivity contribution in [3.8, 4) is 11.1 Å². The van der Waals surface area contributed by atoms with Crippen LogP contribution in [-0.4, -0.2) is 78.1 Å². The first-order valence-corrected chi connectivity index (χ1v) is 25.8. The molecule has 0 spiro atoms. The molecule has 57 heavy (non-hydrogen) atoms. The second-order valence-electron chi connectivity index (χ2n) is 15.3. The topological polar surface area (TPSA) is 205 Å². The van der Waals surface area contributed by atoms with Crippen LogP contribution in [-0.2, 0) is 28.8 Å². The van der Waals surface area contributed by atoms with E-state index >= 15 is 0 Å². The van der Waals surface area contributed by atoms with Gasteiger partial charge in [-0.1, -0.05) is 38.2 Å². The summed E-state index contributed by atoms with van der Waals surface area (Å²) >= 11 is 2.31. The number of amides is 4. The quantitative estimate of drug-likeness (QED) is 0.0192. The SMILES string of the molecule is CCOC(=O)CCCCCNC(=O)Nc1cc(NC(=O)OCC[Si](C)(C)C)cc(C)c1-c1cccc(S(=O)(=O)c2cc(/C(N)=N\C(=O)OC(C)(C)C)sc2SC)c1. The normalized spacial score (nSPS) is 12.1. The number of urea groups is 1. The molecule has 0 aliphatic carbocycles. The Morgan fingerprint density at radius 3 is 2.35 bits per heavy atom. The van der Waals surface area contributed by atoms with E-state index in [0.29, 0.717) is 71.1 Å². The molecule has 0 aliphatic rings. The fourth-order valence-corrected chi connectivity index (χ4v) is 9.97. The number of hydrogen-bond acceptors (Lipinski definition) is 11. The average Bonchev–Trinajstić information content (AvgIpc) is 3.54. The van der Waals surface area contributed by atoms with Gasteiger partial charge in [-0.15, -0.1) is 23.1 Å². The lowest BCUT2D eigenvalue weighted by Crippen LogP contribution is -2.30. The number of thiophene rings is 1. The number of nitrogens with one attached hydrogen (secondary N) is 3. The van der Waals surface area contributed by atoms with Gasteiger partial charge in [0.1, 0.15) is 11.4 Å². The van der Waals surface area contributed by atoms with Crippen LogP contribution in [0, 0.1) is 6.92 Å². The maximum atomic E-state index is 14.2. The summed E-state index contributed by atoms with van der Waals surface area (Å²) in [5.41, 5.74) is 7.67. The molecule has 14 nitrogen and oxygen atoms in total. The standard InChI is InChI=1S/C39H55N5O9S3Si/c1-10-51-32(45)17-12-11-13-18-41-36(46)43-29-23-27(42-37(47)52-19-20-57(7,8)9)21-25(2)33(29)26-15-14-16-28(22-26)56(49,50)31-24-30(55-35(31)54-6)34(40)44-38(48)53-39(3,4)5/h14-16,21-24H,10-13,17-20H2,1-9H3,(H,42,47)(H2,40,44,48)(H2,41,43,46). The summed E-state index contributed by atoms with van der Waals surface area (Å²) in [6.45, 7) is 16.1. The van der Waals surface area contributed by atoms with Gasteiger partial charge in [-0.05, 0) is 101 Å². The van der Waals surface area contributed by atoms with Crippen molar-refractivity contribution in [2.45, 2.75) is 106 Å². The van der Waals surface area contributed by atoms with Crippen LogP contribution in [0.4, 0.5) is 25.8 Å². The van der Waals surface area contributed by atoms with Crippen LogP contribution in [0.15, 0.2) is 61.5 Å². The van der Waals surface area contributed by atoms with Crippen LogP contribution in [0.5, 0.6) is 0 Å². The third-order valence-electron chi connectivity index (χ3n) is 8.00. The van der Waals surface area contributed by atoms with Gasteiger partial charge in [0.2, 0.25) is 9.84 Å². The minimum atomic E-state index is -4.14. The molecule has 0 unspecified atom stereocenters. The molecular weight excluding hydrogens is 807 g/mol. The average molecular weight is 862 g/mol. The van der Waals surface area contributed by atoms with Crippen molar-refractivity contribution in [2.24, 2.45) is 10.7 Å². The summed E-state index contributed by atoms with van der Waals surface area (Å²) in [6.07, 6.45) is 2.48. The predicted molar refractivity (Wildman–Crippen MR) is 230 cm³/mol. The number of rotatable bonds is 17. The van der Waals surface area contributed by atoms with Crippen molar-refractivity contribution in [1.29, 1.82) is 0 Å². The number of thioether (sulfide) groups is 1. The number of nitrogens with two attached hydrogens (primary N) is 1. The first-order valence-electron chi connectivity index (χ1n) is 18.5. The van der Waals surface area contributed by atoms with Crippen molar-refractivity contribution in [3.63, 3.8) is 0 Å². The lowest BCUT2D eigenvalue weighted by atomic mass is 9.97. The molecule has 0 atom stereocenters. The number of aliphatic imine (C=N–C) groups is 1. The highest BCUT2D eigenvalue weighted by Gasteiger charge is 2.27. The zero-order valence-corrected chi connectivity index (χ0v) is 37.6. The van der Waals surface area contributed by atoms with E-state index in [1.807, 2.05) is 0 Å². The smallest absolute Gasteiger partial charge is 0.436 e. The summed E-state index contributed by atoms with van der Waals surface area (Å²) in [5, 5.41) is 8.46. The number of carbonyl (C=O) groups is 4. The Labute approximate surface area is 345 Å². The summed E-state index contributed by atoms with van der Waals surface area (Å²) in [4.78, 5) is 54.0. The molecule has 0 bridgehead atoms. The van der Waals surface area contributed by atoms with E-state index in [9.17, 15) is 27.6 Å². The van der Waals surface area contributed by atoms with Crippen molar-refractivity contribution in [3.05, 3.63) is 52.9 Å². The molecule has 0 saturated carbocycles. The van der Waals surface area contributed by atoms with Crippen molar-refractivity contribution in [2.75, 3.05) is 36.6 Å². The van der Waals surface area contributed by atoms with Gasteiger partial charge in [0.15, 0.2) is 0 Å². The van der Waals surface area contributed by atoms with Gasteiger partial charge in [0.05, 0.1) is 37.8 Å². The third-order valence-corrected chi connectivity index (χ3v) is 14.0. The predicted octanol–water partition coefficient (Wildman–Crippen LogP) is 9.05. The van der Waals surface area contributed by atoms with Crippen LogP contribution in [0.25, 0.3) is 11.1 Å². The highest BCUT2D eigenvalue weighted by molar-refractivity contribution is 8.01. The number of unbranched alkanes of at least 4 members (excludes halogenated alkanes) is 2. The van der Waals surface area contributed by atoms with Crippen molar-refractivity contribution >= 4 is 82.4 Å². The molecule has 5 N–H and O–H groups in total. The lowest BCUT2D eigenvalue weighted by molar-refractivity contribution is -0.143. The van der Waals surface area contributed by atoms with E-state index in [1.54, 1.807) is 65.1 Å². The molecule has 1 heterocycles. The number of amidine groups is 1. The van der Waals surface area contributed by atoms with Crippen LogP contribution in [0.3, 0.4) is 0 Å². The minimum absolute atomic E-state index is 0.00150. The monoisotopic (exact) mass is 861 g/mol. The first-order chi connectivity index (χ1) is 26.6. The second kappa shape index (κ2) is 20.9. The highest BCUT2D eigenvalue weighted by atomic mass is 32.2. The zero-order valence-electron chi connectivity index (χ0n) is 34.1. The Morgan fingerprint density at radius 1 is 0.982 bits per heavy atom. The number of esters is 1. The molecule has 0 aliphatic heterocycles. The van der Waals surface area contributed by atoms with Gasteiger partial charge in [-0.2, -0.15) is 4.99 Å². The van der Waals surface area contributed by atoms with Gasteiger partial charge in [-0.3, -0.25) is 10.1 Å². The molecular formula is C39H55N5O9S3Si. The first kappa shape index (κ1) is 47.0. The number of hydrogen-bond donors (Lipinski definition) is 4. The van der Waals surface area contributed by atoms with Crippen LogP contribution in [0.2, 0.25) is 25.7 Å². The maximum Gasteiger partial charge on any atom is 0.436 e. The largest absolute Gasteiger partial charge is 0.466 e. The fourth-order valence-electron chi connectivity index (χ4n) is 5.31.